The van der Waals surface area contributed by atoms with Gasteiger partial charge in [-0.2, -0.15) is 0 Å². The molecule has 150 valence electrons. The Morgan fingerprint density at radius 3 is 2.57 bits per heavy atom. The van der Waals surface area contributed by atoms with E-state index < -0.39 is 11.6 Å². The Morgan fingerprint density at radius 1 is 1.25 bits per heavy atom. The molecule has 0 aliphatic rings. The summed E-state index contributed by atoms with van der Waals surface area (Å²) in [5.74, 6) is -0.811. The second-order valence-electron chi connectivity index (χ2n) is 6.46. The highest BCUT2D eigenvalue weighted by Gasteiger charge is 2.14. The average molecular weight is 410 g/mol. The molecule has 0 fully saturated rings. The fourth-order valence-corrected chi connectivity index (χ4v) is 2.73. The minimum atomic E-state index is -0.694. The molecule has 28 heavy (non-hydrogen) atoms. The van der Waals surface area contributed by atoms with Gasteiger partial charge in [0.05, 0.1) is 18.2 Å². The van der Waals surface area contributed by atoms with Crippen LogP contribution < -0.4 is 9.47 Å². The Bertz CT molecular complexity index is 884. The quantitative estimate of drug-likeness (QED) is 0.598. The monoisotopic (exact) mass is 409 g/mol. The van der Waals surface area contributed by atoms with Crippen LogP contribution in [0, 0.1) is 11.6 Å². The molecule has 0 spiro atoms. The summed E-state index contributed by atoms with van der Waals surface area (Å²) >= 11 is 6.27. The number of carbonyl (C=O) groups excluding carboxylic acids is 1. The van der Waals surface area contributed by atoms with Gasteiger partial charge in [-0.05, 0) is 43.7 Å². The zero-order valence-electron chi connectivity index (χ0n) is 16.1. The van der Waals surface area contributed by atoms with Gasteiger partial charge in [-0.15, -0.1) is 0 Å². The Labute approximate surface area is 168 Å². The maximum atomic E-state index is 13.7. The molecule has 7 heteroatoms. The first-order valence-electron chi connectivity index (χ1n) is 8.62. The second-order valence-corrected chi connectivity index (χ2v) is 6.87. The Morgan fingerprint density at radius 2 is 1.96 bits per heavy atom. The van der Waals surface area contributed by atoms with E-state index in [0.717, 1.165) is 12.1 Å². The van der Waals surface area contributed by atoms with E-state index >= 15 is 0 Å². The van der Waals surface area contributed by atoms with Gasteiger partial charge in [0.1, 0.15) is 11.6 Å². The van der Waals surface area contributed by atoms with Crippen LogP contribution in [0.25, 0.3) is 6.08 Å². The molecule has 0 heterocycles. The lowest BCUT2D eigenvalue weighted by molar-refractivity contribution is -0.125. The van der Waals surface area contributed by atoms with Crippen LogP contribution in [0.1, 0.15) is 25.0 Å². The fraction of sp³-hybridized carbons (Fsp3) is 0.286. The summed E-state index contributed by atoms with van der Waals surface area (Å²) in [5.41, 5.74) is 0.873. The van der Waals surface area contributed by atoms with Crippen LogP contribution in [0.3, 0.4) is 0 Å². The van der Waals surface area contributed by atoms with Crippen molar-refractivity contribution in [3.8, 4) is 11.5 Å². The van der Waals surface area contributed by atoms with Crippen molar-refractivity contribution in [2.24, 2.45) is 0 Å². The van der Waals surface area contributed by atoms with Crippen molar-refractivity contribution in [1.82, 2.24) is 4.90 Å². The molecule has 4 nitrogen and oxygen atoms in total. The molecular weight excluding hydrogens is 388 g/mol. The maximum Gasteiger partial charge on any atom is 0.246 e. The van der Waals surface area contributed by atoms with E-state index in [2.05, 4.69) is 0 Å². The molecule has 2 aromatic rings. The highest BCUT2D eigenvalue weighted by Crippen LogP contribution is 2.37. The third kappa shape index (κ3) is 5.70. The third-order valence-electron chi connectivity index (χ3n) is 3.82. The summed E-state index contributed by atoms with van der Waals surface area (Å²) in [6.07, 6.45) is 2.85. The van der Waals surface area contributed by atoms with E-state index in [-0.39, 0.29) is 24.1 Å². The zero-order valence-corrected chi connectivity index (χ0v) is 16.9. The van der Waals surface area contributed by atoms with Gasteiger partial charge in [-0.1, -0.05) is 17.7 Å². The zero-order chi connectivity index (χ0) is 20.8. The van der Waals surface area contributed by atoms with E-state index in [1.165, 1.54) is 31.2 Å². The number of hydrogen-bond donors (Lipinski definition) is 0. The standard InChI is InChI=1S/C21H22ClF2NO3/c1-13(2)28-21-17(22)9-14(10-19(21)27-4)5-8-20(26)25(3)12-15-6-7-16(23)11-18(15)24/h5-11,13H,12H2,1-4H3/b8-5+. The lowest BCUT2D eigenvalue weighted by atomic mass is 10.1. The van der Waals surface area contributed by atoms with E-state index in [1.54, 1.807) is 18.2 Å². The van der Waals surface area contributed by atoms with Crippen LogP contribution in [-0.4, -0.2) is 31.1 Å². The summed E-state index contributed by atoms with van der Waals surface area (Å²) in [6, 6.07) is 6.62. The van der Waals surface area contributed by atoms with Crippen molar-refractivity contribution >= 4 is 23.6 Å². The molecule has 0 saturated heterocycles. The molecule has 0 aliphatic heterocycles. The van der Waals surface area contributed by atoms with Gasteiger partial charge in [0.15, 0.2) is 11.5 Å². The van der Waals surface area contributed by atoms with Gasteiger partial charge in [-0.25, -0.2) is 8.78 Å². The largest absolute Gasteiger partial charge is 0.493 e. The topological polar surface area (TPSA) is 38.8 Å². The highest BCUT2D eigenvalue weighted by molar-refractivity contribution is 6.32. The summed E-state index contributed by atoms with van der Waals surface area (Å²) < 4.78 is 37.7. The van der Waals surface area contributed by atoms with Crippen molar-refractivity contribution in [2.45, 2.75) is 26.5 Å². The number of rotatable bonds is 7. The van der Waals surface area contributed by atoms with Crippen molar-refractivity contribution in [2.75, 3.05) is 14.2 Å². The first-order chi connectivity index (χ1) is 13.2. The second kappa shape index (κ2) is 9.55. The molecule has 0 saturated carbocycles. The number of likely N-dealkylation sites (N-methyl/N-ethyl adjacent to an activating group) is 1. The summed E-state index contributed by atoms with van der Waals surface area (Å²) in [5, 5.41) is 0.363. The molecule has 0 bridgehead atoms. The Kier molecular flexibility index (Phi) is 7.40. The summed E-state index contributed by atoms with van der Waals surface area (Å²) in [6.45, 7) is 3.77. The minimum Gasteiger partial charge on any atom is -0.493 e. The van der Waals surface area contributed by atoms with Crippen molar-refractivity contribution < 1.29 is 23.0 Å². The van der Waals surface area contributed by atoms with E-state index in [0.29, 0.717) is 22.1 Å². The van der Waals surface area contributed by atoms with Crippen LogP contribution in [0.4, 0.5) is 8.78 Å². The first kappa shape index (κ1) is 21.7. The normalized spacial score (nSPS) is 11.1. The predicted octanol–water partition coefficient (Wildman–Crippen LogP) is 5.09. The maximum absolute atomic E-state index is 13.7. The Balaban J connectivity index is 2.13. The first-order valence-corrected chi connectivity index (χ1v) is 9.00. The van der Waals surface area contributed by atoms with E-state index in [9.17, 15) is 13.6 Å². The van der Waals surface area contributed by atoms with Gasteiger partial charge >= 0.3 is 0 Å². The summed E-state index contributed by atoms with van der Waals surface area (Å²) in [7, 11) is 3.03. The SMILES string of the molecule is COc1cc(/C=C/C(=O)N(C)Cc2ccc(F)cc2F)cc(Cl)c1OC(C)C. The molecule has 0 unspecified atom stereocenters. The number of benzene rings is 2. The lowest BCUT2D eigenvalue weighted by Crippen LogP contribution is -2.24. The van der Waals surface area contributed by atoms with Crippen LogP contribution in [-0.2, 0) is 11.3 Å². The number of ether oxygens (including phenoxy) is 2. The summed E-state index contributed by atoms with van der Waals surface area (Å²) in [4.78, 5) is 13.6. The minimum absolute atomic E-state index is 0.0144. The molecule has 1 amide bonds. The van der Waals surface area contributed by atoms with E-state index in [4.69, 9.17) is 21.1 Å². The molecule has 0 N–H and O–H groups in total. The van der Waals surface area contributed by atoms with Gasteiger partial charge in [-0.3, -0.25) is 4.79 Å². The van der Waals surface area contributed by atoms with Crippen molar-refractivity contribution in [3.05, 3.63) is 64.2 Å². The van der Waals surface area contributed by atoms with Crippen LogP contribution in [0.15, 0.2) is 36.4 Å². The highest BCUT2D eigenvalue weighted by atomic mass is 35.5. The van der Waals surface area contributed by atoms with Crippen LogP contribution in [0.5, 0.6) is 11.5 Å². The van der Waals surface area contributed by atoms with Gasteiger partial charge in [0.25, 0.3) is 0 Å². The number of amides is 1. The molecule has 0 atom stereocenters. The number of carbonyl (C=O) groups is 1. The van der Waals surface area contributed by atoms with E-state index in [1.807, 2.05) is 13.8 Å². The number of halogens is 3. The van der Waals surface area contributed by atoms with Crippen molar-refractivity contribution in [3.63, 3.8) is 0 Å². The smallest absolute Gasteiger partial charge is 0.246 e. The molecule has 2 aromatic carbocycles. The molecule has 2 rings (SSSR count). The van der Waals surface area contributed by atoms with Crippen molar-refractivity contribution in [1.29, 1.82) is 0 Å². The molecule has 0 radical (unpaired) electrons. The van der Waals surface area contributed by atoms with Gasteiger partial charge in [0.2, 0.25) is 5.91 Å². The van der Waals surface area contributed by atoms with Gasteiger partial charge < -0.3 is 14.4 Å². The number of methoxy groups -OCH3 is 1. The van der Waals surface area contributed by atoms with Crippen LogP contribution >= 0.6 is 11.6 Å². The number of nitrogens with zero attached hydrogens (tertiary/aromatic N) is 1. The lowest BCUT2D eigenvalue weighted by Gasteiger charge is -2.16. The molecular formula is C21H22ClF2NO3. The Hall–Kier alpha value is -2.60. The van der Waals surface area contributed by atoms with Gasteiger partial charge in [0, 0.05) is 31.3 Å². The fourth-order valence-electron chi connectivity index (χ4n) is 2.46. The number of hydrogen-bond acceptors (Lipinski definition) is 3. The third-order valence-corrected chi connectivity index (χ3v) is 4.10. The molecule has 0 aromatic heterocycles. The molecule has 0 aliphatic carbocycles. The average Bonchev–Trinajstić information content (AvgIpc) is 2.63. The predicted molar refractivity (Wildman–Crippen MR) is 106 cm³/mol. The van der Waals surface area contributed by atoms with Crippen LogP contribution in [0.2, 0.25) is 5.02 Å².